The molecule has 0 radical (unpaired) electrons. The number of alkyl halides is 3. The van der Waals surface area contributed by atoms with Crippen LogP contribution in [0.3, 0.4) is 0 Å². The molecule has 1 heterocycles. The van der Waals surface area contributed by atoms with Crippen LogP contribution in [0.1, 0.15) is 28.7 Å². The standard InChI is InChI=1S/C20H17F3N4O3/c1-12(28)27(2)11-13-6-8-16(9-7-13)24-18(29)15-5-3-4-14(10-15)17-25-19(30-26-17)20(21,22)23/h3-10H,11H2,1-2H3,(H,24,29). The molecule has 0 aliphatic carbocycles. The number of nitrogens with zero attached hydrogens (tertiary/aromatic N) is 3. The first-order chi connectivity index (χ1) is 14.1. The molecule has 0 fully saturated rings. The summed E-state index contributed by atoms with van der Waals surface area (Å²) >= 11 is 0. The van der Waals surface area contributed by atoms with Crippen molar-refractivity contribution in [3.63, 3.8) is 0 Å². The SMILES string of the molecule is CC(=O)N(C)Cc1ccc(NC(=O)c2cccc(-c3noc(C(F)(F)F)n3)c2)cc1. The normalized spacial score (nSPS) is 11.2. The molecule has 0 saturated carbocycles. The number of aromatic nitrogens is 2. The number of amides is 2. The Morgan fingerprint density at radius 1 is 1.13 bits per heavy atom. The van der Waals surface area contributed by atoms with Crippen molar-refractivity contribution in [2.24, 2.45) is 0 Å². The first-order valence-corrected chi connectivity index (χ1v) is 8.77. The Hall–Kier alpha value is -3.69. The van der Waals surface area contributed by atoms with Crippen LogP contribution in [0.2, 0.25) is 0 Å². The number of rotatable bonds is 5. The summed E-state index contributed by atoms with van der Waals surface area (Å²) in [5.41, 5.74) is 1.85. The van der Waals surface area contributed by atoms with Crippen LogP contribution in [-0.2, 0) is 17.5 Å². The minimum absolute atomic E-state index is 0.0591. The first-order valence-electron chi connectivity index (χ1n) is 8.77. The highest BCUT2D eigenvalue weighted by Gasteiger charge is 2.38. The highest BCUT2D eigenvalue weighted by atomic mass is 19.4. The highest BCUT2D eigenvalue weighted by Crippen LogP contribution is 2.29. The van der Waals surface area contributed by atoms with Gasteiger partial charge < -0.3 is 14.7 Å². The lowest BCUT2D eigenvalue weighted by atomic mass is 10.1. The molecule has 0 bridgehead atoms. The molecule has 30 heavy (non-hydrogen) atoms. The van der Waals surface area contributed by atoms with Crippen LogP contribution >= 0.6 is 0 Å². The van der Waals surface area contributed by atoms with Gasteiger partial charge in [0.1, 0.15) is 0 Å². The van der Waals surface area contributed by atoms with Gasteiger partial charge in [0.05, 0.1) is 0 Å². The monoisotopic (exact) mass is 418 g/mol. The van der Waals surface area contributed by atoms with E-state index in [1.54, 1.807) is 36.2 Å². The van der Waals surface area contributed by atoms with Gasteiger partial charge in [0.25, 0.3) is 5.91 Å². The van der Waals surface area contributed by atoms with Gasteiger partial charge in [-0.3, -0.25) is 9.59 Å². The zero-order valence-electron chi connectivity index (χ0n) is 16.0. The molecule has 1 aromatic heterocycles. The van der Waals surface area contributed by atoms with Crippen LogP contribution < -0.4 is 5.32 Å². The summed E-state index contributed by atoms with van der Waals surface area (Å²) in [6, 6.07) is 12.8. The van der Waals surface area contributed by atoms with Crippen molar-refractivity contribution in [2.75, 3.05) is 12.4 Å². The first kappa shape index (κ1) is 21.0. The van der Waals surface area contributed by atoms with Gasteiger partial charge in [0, 0.05) is 37.3 Å². The highest BCUT2D eigenvalue weighted by molar-refractivity contribution is 6.04. The predicted octanol–water partition coefficient (Wildman–Crippen LogP) is 3.99. The van der Waals surface area contributed by atoms with Crippen molar-refractivity contribution in [3.8, 4) is 11.4 Å². The van der Waals surface area contributed by atoms with E-state index in [1.165, 1.54) is 31.2 Å². The fraction of sp³-hybridized carbons (Fsp3) is 0.200. The number of hydrogen-bond donors (Lipinski definition) is 1. The van der Waals surface area contributed by atoms with Gasteiger partial charge in [-0.15, -0.1) is 0 Å². The molecule has 0 aliphatic rings. The Bertz CT molecular complexity index is 1060. The van der Waals surface area contributed by atoms with Crippen molar-refractivity contribution in [1.82, 2.24) is 15.0 Å². The predicted molar refractivity (Wildman–Crippen MR) is 101 cm³/mol. The second-order valence-corrected chi connectivity index (χ2v) is 6.53. The summed E-state index contributed by atoms with van der Waals surface area (Å²) in [6.45, 7) is 1.91. The summed E-state index contributed by atoms with van der Waals surface area (Å²) in [4.78, 5) is 28.7. The summed E-state index contributed by atoms with van der Waals surface area (Å²) in [5, 5.41) is 6.02. The second kappa shape index (κ2) is 8.36. The third-order valence-corrected chi connectivity index (χ3v) is 4.22. The number of benzene rings is 2. The van der Waals surface area contributed by atoms with Crippen LogP contribution in [0.4, 0.5) is 18.9 Å². The van der Waals surface area contributed by atoms with Crippen molar-refractivity contribution < 1.29 is 27.3 Å². The lowest BCUT2D eigenvalue weighted by molar-refractivity contribution is -0.159. The lowest BCUT2D eigenvalue weighted by Gasteiger charge is -2.15. The maximum atomic E-state index is 12.6. The Kier molecular flexibility index (Phi) is 5.86. The second-order valence-electron chi connectivity index (χ2n) is 6.53. The van der Waals surface area contributed by atoms with Crippen LogP contribution in [0.15, 0.2) is 53.1 Å². The largest absolute Gasteiger partial charge is 0.471 e. The Balaban J connectivity index is 1.71. The van der Waals surface area contributed by atoms with Gasteiger partial charge >= 0.3 is 12.1 Å². The van der Waals surface area contributed by atoms with E-state index in [2.05, 4.69) is 20.0 Å². The molecule has 1 N–H and O–H groups in total. The number of carbonyl (C=O) groups excluding carboxylic acids is 2. The third kappa shape index (κ3) is 5.02. The van der Waals surface area contributed by atoms with Crippen LogP contribution in [-0.4, -0.2) is 33.9 Å². The summed E-state index contributed by atoms with van der Waals surface area (Å²) in [6.07, 6.45) is -4.74. The summed E-state index contributed by atoms with van der Waals surface area (Å²) in [7, 11) is 1.69. The van der Waals surface area contributed by atoms with Gasteiger partial charge in [0.15, 0.2) is 0 Å². The molecule has 3 aromatic rings. The number of anilines is 1. The molecule has 0 unspecified atom stereocenters. The smallest absolute Gasteiger partial charge is 0.342 e. The molecule has 7 nitrogen and oxygen atoms in total. The molecular weight excluding hydrogens is 401 g/mol. The van der Waals surface area contributed by atoms with E-state index in [0.29, 0.717) is 12.2 Å². The van der Waals surface area contributed by atoms with Crippen LogP contribution in [0.5, 0.6) is 0 Å². The van der Waals surface area contributed by atoms with E-state index < -0.39 is 18.0 Å². The lowest BCUT2D eigenvalue weighted by Crippen LogP contribution is -2.22. The number of halogens is 3. The van der Waals surface area contributed by atoms with Gasteiger partial charge in [-0.2, -0.15) is 18.2 Å². The molecule has 3 rings (SSSR count). The quantitative estimate of drug-likeness (QED) is 0.677. The molecule has 0 aliphatic heterocycles. The Labute approximate surface area is 169 Å². The maximum Gasteiger partial charge on any atom is 0.471 e. The molecule has 0 spiro atoms. The van der Waals surface area contributed by atoms with E-state index in [1.807, 2.05) is 0 Å². The third-order valence-electron chi connectivity index (χ3n) is 4.22. The van der Waals surface area contributed by atoms with Crippen LogP contribution in [0, 0.1) is 0 Å². The minimum atomic E-state index is -4.74. The molecular formula is C20H17F3N4O3. The van der Waals surface area contributed by atoms with E-state index in [9.17, 15) is 22.8 Å². The molecule has 0 atom stereocenters. The van der Waals surface area contributed by atoms with Gasteiger partial charge in [0.2, 0.25) is 11.7 Å². The average Bonchev–Trinajstić information content (AvgIpc) is 3.20. The summed E-state index contributed by atoms with van der Waals surface area (Å²) in [5.74, 6) is -2.24. The van der Waals surface area contributed by atoms with Crippen molar-refractivity contribution in [3.05, 3.63) is 65.5 Å². The summed E-state index contributed by atoms with van der Waals surface area (Å²) < 4.78 is 42.1. The van der Waals surface area contributed by atoms with E-state index in [-0.39, 0.29) is 22.9 Å². The van der Waals surface area contributed by atoms with Crippen molar-refractivity contribution >= 4 is 17.5 Å². The zero-order valence-corrected chi connectivity index (χ0v) is 16.0. The van der Waals surface area contributed by atoms with Crippen molar-refractivity contribution in [1.29, 1.82) is 0 Å². The molecule has 2 aromatic carbocycles. The van der Waals surface area contributed by atoms with Crippen molar-refractivity contribution in [2.45, 2.75) is 19.6 Å². The Morgan fingerprint density at radius 3 is 2.43 bits per heavy atom. The maximum absolute atomic E-state index is 12.6. The molecule has 10 heteroatoms. The van der Waals surface area contributed by atoms with Gasteiger partial charge in [-0.25, -0.2) is 0 Å². The number of carbonyl (C=O) groups is 2. The number of nitrogens with one attached hydrogen (secondary N) is 1. The zero-order chi connectivity index (χ0) is 21.9. The topological polar surface area (TPSA) is 88.3 Å². The molecule has 0 saturated heterocycles. The van der Waals surface area contributed by atoms with Gasteiger partial charge in [-0.1, -0.05) is 29.4 Å². The molecule has 156 valence electrons. The van der Waals surface area contributed by atoms with E-state index in [4.69, 9.17) is 0 Å². The Morgan fingerprint density at radius 2 is 1.83 bits per heavy atom. The number of hydrogen-bond acceptors (Lipinski definition) is 5. The average molecular weight is 418 g/mol. The molecule has 2 amide bonds. The van der Waals surface area contributed by atoms with E-state index in [0.717, 1.165) is 5.56 Å². The van der Waals surface area contributed by atoms with Gasteiger partial charge in [-0.05, 0) is 29.8 Å². The fourth-order valence-corrected chi connectivity index (χ4v) is 2.54. The van der Waals surface area contributed by atoms with Crippen LogP contribution in [0.25, 0.3) is 11.4 Å². The minimum Gasteiger partial charge on any atom is -0.342 e. The fourth-order valence-electron chi connectivity index (χ4n) is 2.54. The van der Waals surface area contributed by atoms with E-state index >= 15 is 0 Å².